The van der Waals surface area contributed by atoms with Crippen molar-refractivity contribution in [1.82, 2.24) is 9.80 Å². The molecule has 1 aromatic rings. The van der Waals surface area contributed by atoms with Gasteiger partial charge in [0.2, 0.25) is 5.78 Å². The van der Waals surface area contributed by atoms with Crippen LogP contribution in [-0.2, 0) is 28.7 Å². The summed E-state index contributed by atoms with van der Waals surface area (Å²) in [7, 11) is 2.97. The number of hydrogen-bond acceptors (Lipinski definition) is 9. The largest absolute Gasteiger partial charge is 0.510 e. The van der Waals surface area contributed by atoms with Crippen LogP contribution in [-0.4, -0.2) is 86.5 Å². The van der Waals surface area contributed by atoms with E-state index in [0.29, 0.717) is 24.9 Å². The lowest BCUT2D eigenvalue weighted by Gasteiger charge is -2.50. The molecule has 5 aliphatic carbocycles. The number of rotatable bonds is 9. The van der Waals surface area contributed by atoms with Crippen molar-refractivity contribution in [3.63, 3.8) is 0 Å². The second kappa shape index (κ2) is 12.5. The van der Waals surface area contributed by atoms with E-state index in [1.54, 1.807) is 0 Å². The Hall–Kier alpha value is -3.42. The first-order valence-corrected chi connectivity index (χ1v) is 16.9. The summed E-state index contributed by atoms with van der Waals surface area (Å²) >= 11 is 0. The zero-order valence-corrected chi connectivity index (χ0v) is 27.3. The number of primary amides is 1. The first kappa shape index (κ1) is 34.4. The molecule has 0 aliphatic heterocycles. The number of allylic oxidation sites excluding steroid dienone is 1. The number of aliphatic hydroxyl groups excluding tert-OH is 2. The normalized spacial score (nSPS) is 28.2. The van der Waals surface area contributed by atoms with E-state index in [2.05, 4.69) is 0 Å². The molecule has 0 saturated heterocycles. The van der Waals surface area contributed by atoms with Gasteiger partial charge in [0.1, 0.15) is 22.8 Å². The molecule has 1 aromatic carbocycles. The van der Waals surface area contributed by atoms with Crippen LogP contribution in [0.4, 0.5) is 13.2 Å². The van der Waals surface area contributed by atoms with Gasteiger partial charge in [0.15, 0.2) is 11.4 Å². The van der Waals surface area contributed by atoms with Crippen molar-refractivity contribution in [2.24, 2.45) is 29.4 Å². The summed E-state index contributed by atoms with van der Waals surface area (Å²) in [5.74, 6) is -7.91. The highest BCUT2D eigenvalue weighted by atomic mass is 19.4. The highest BCUT2D eigenvalue weighted by molar-refractivity contribution is 6.24. The van der Waals surface area contributed by atoms with E-state index >= 15 is 13.2 Å². The Balaban J connectivity index is 1.42. The van der Waals surface area contributed by atoms with Crippen LogP contribution in [0.1, 0.15) is 84.8 Å². The molecule has 4 atom stereocenters. The molecule has 2 fully saturated rings. The summed E-state index contributed by atoms with van der Waals surface area (Å²) < 4.78 is 45.2. The third-order valence-electron chi connectivity index (χ3n) is 11.3. The fourth-order valence-corrected chi connectivity index (χ4v) is 8.85. The van der Waals surface area contributed by atoms with Crippen LogP contribution in [0, 0.1) is 23.7 Å². The van der Waals surface area contributed by atoms with Crippen molar-refractivity contribution < 1.29 is 48.0 Å². The fraction of sp³-hybridized carbons (Fsp3) is 0.629. The van der Waals surface area contributed by atoms with Crippen molar-refractivity contribution in [2.75, 3.05) is 27.2 Å². The minimum Gasteiger partial charge on any atom is -0.510 e. The first-order valence-electron chi connectivity index (χ1n) is 16.9. The van der Waals surface area contributed by atoms with Crippen LogP contribution < -0.4 is 5.73 Å². The predicted molar refractivity (Wildman–Crippen MR) is 168 cm³/mol. The van der Waals surface area contributed by atoms with Crippen LogP contribution in [0.2, 0.25) is 0 Å². The summed E-state index contributed by atoms with van der Waals surface area (Å²) in [6.07, 6.45) is 3.09. The number of alkyl halides is 3. The van der Waals surface area contributed by atoms with E-state index in [0.717, 1.165) is 51.0 Å². The zero-order valence-electron chi connectivity index (χ0n) is 27.3. The van der Waals surface area contributed by atoms with E-state index < -0.39 is 98.7 Å². The number of aliphatic hydroxyl groups is 3. The lowest BCUT2D eigenvalue weighted by molar-refractivity contribution is -0.148. The molecule has 0 radical (unpaired) electrons. The summed E-state index contributed by atoms with van der Waals surface area (Å²) in [4.78, 5) is 43.1. The molecule has 13 heteroatoms. The van der Waals surface area contributed by atoms with Crippen LogP contribution in [0.15, 0.2) is 28.7 Å². The summed E-state index contributed by atoms with van der Waals surface area (Å²) in [5.41, 5.74) is -1.11. The molecule has 48 heavy (non-hydrogen) atoms. The number of Topliss-reactive ketones (excluding diaryl/α,β-unsaturated/α-hetero) is 2. The smallest absolute Gasteiger partial charge is 0.417 e. The molecule has 6 rings (SSSR count). The molecule has 0 aromatic heterocycles. The predicted octanol–water partition coefficient (Wildman–Crippen LogP) is 4.32. The van der Waals surface area contributed by atoms with Gasteiger partial charge in [-0.25, -0.2) is 0 Å². The average Bonchev–Trinajstić information content (AvgIpc) is 3.81. The Morgan fingerprint density at radius 3 is 2.29 bits per heavy atom. The number of benzene rings is 1. The summed E-state index contributed by atoms with van der Waals surface area (Å²) in [6, 6.07) is -0.254. The quantitative estimate of drug-likeness (QED) is 0.240. The lowest BCUT2D eigenvalue weighted by Crippen LogP contribution is -2.63. The molecule has 0 spiro atoms. The highest BCUT2D eigenvalue weighted by Gasteiger charge is 2.63. The molecule has 0 heterocycles. The van der Waals surface area contributed by atoms with Crippen LogP contribution in [0.5, 0.6) is 5.75 Å². The Labute approximate surface area is 277 Å². The van der Waals surface area contributed by atoms with E-state index in [9.17, 15) is 34.8 Å². The Kier molecular flexibility index (Phi) is 8.95. The molecule has 1 amide bonds. The van der Waals surface area contributed by atoms with Gasteiger partial charge in [-0.05, 0) is 87.7 Å². The molecule has 2 saturated carbocycles. The zero-order chi connectivity index (χ0) is 34.9. The SMILES string of the molecule is CN(C)[C@@H]1C(O)=C(C(N)=O)C(=O)[C@@]2(O)C(O)=C3C(=O)c4c(O)cc(CN(CCC5CCCCC5)CC5CC5)c(C(F)(F)F)c4C[C@H]3C[C@@H]12. The number of hydrogen-bond donors (Lipinski definition) is 5. The molecule has 0 bridgehead atoms. The number of phenolic OH excluding ortho intramolecular Hbond substituents is 1. The van der Waals surface area contributed by atoms with Gasteiger partial charge in [0, 0.05) is 24.6 Å². The molecular formula is C35H44F3N3O7. The number of amides is 1. The molecule has 5 aliphatic rings. The van der Waals surface area contributed by atoms with E-state index in [1.807, 2.05) is 4.90 Å². The Morgan fingerprint density at radius 2 is 1.71 bits per heavy atom. The standard InChI is InChI=1S/C35H44F3N3O7/c1-40(2)28-22-13-19-12-21-25(29(43)24(19)31(45)34(22,48)32(46)26(30(28)44)33(39)47)23(42)14-20(27(21)35(36,37)38)16-41(15-18-8-9-18)11-10-17-6-4-3-5-7-17/h14,17-19,22,28,42,44-45,48H,3-13,15-16H2,1-2H3,(H2,39,47)/t19-,22-,28-,34-/m0/s1. The molecular weight excluding hydrogens is 631 g/mol. The molecule has 262 valence electrons. The summed E-state index contributed by atoms with van der Waals surface area (Å²) in [6.45, 7) is 1.22. The van der Waals surface area contributed by atoms with Crippen molar-refractivity contribution in [2.45, 2.75) is 88.6 Å². The first-order chi connectivity index (χ1) is 22.5. The van der Waals surface area contributed by atoms with Crippen molar-refractivity contribution in [1.29, 1.82) is 0 Å². The van der Waals surface area contributed by atoms with Crippen molar-refractivity contribution in [3.05, 3.63) is 51.0 Å². The molecule has 6 N–H and O–H groups in total. The van der Waals surface area contributed by atoms with Crippen LogP contribution in [0.3, 0.4) is 0 Å². The number of nitrogens with two attached hydrogens (primary N) is 1. The molecule has 0 unspecified atom stereocenters. The van der Waals surface area contributed by atoms with Gasteiger partial charge in [0.05, 0.1) is 17.2 Å². The molecule has 10 nitrogen and oxygen atoms in total. The third kappa shape index (κ3) is 5.81. The second-order valence-corrected chi connectivity index (χ2v) is 14.7. The number of carbonyl (C=O) groups is 3. The van der Waals surface area contributed by atoms with E-state index in [4.69, 9.17) is 5.73 Å². The lowest BCUT2D eigenvalue weighted by atomic mass is 9.58. The van der Waals surface area contributed by atoms with Gasteiger partial charge in [-0.2, -0.15) is 13.2 Å². The number of phenols is 1. The second-order valence-electron chi connectivity index (χ2n) is 14.7. The van der Waals surface area contributed by atoms with Crippen molar-refractivity contribution >= 4 is 17.5 Å². The maximum absolute atomic E-state index is 15.1. The minimum absolute atomic E-state index is 0.0557. The highest BCUT2D eigenvalue weighted by Crippen LogP contribution is 2.54. The minimum atomic E-state index is -4.88. The van der Waals surface area contributed by atoms with Crippen LogP contribution in [0.25, 0.3) is 0 Å². The van der Waals surface area contributed by atoms with Crippen LogP contribution >= 0.6 is 0 Å². The topological polar surface area (TPSA) is 165 Å². The van der Waals surface area contributed by atoms with Gasteiger partial charge in [-0.15, -0.1) is 0 Å². The number of likely N-dealkylation sites (N-methyl/N-ethyl adjacent to an activating group) is 1. The van der Waals surface area contributed by atoms with Gasteiger partial charge >= 0.3 is 6.18 Å². The summed E-state index contributed by atoms with van der Waals surface area (Å²) in [5, 5.41) is 45.4. The number of ketones is 2. The number of aromatic hydroxyl groups is 1. The Bertz CT molecular complexity index is 1590. The number of nitrogens with zero attached hydrogens (tertiary/aromatic N) is 2. The number of fused-ring (bicyclic) bond motifs is 3. The fourth-order valence-electron chi connectivity index (χ4n) is 8.85. The van der Waals surface area contributed by atoms with Gasteiger partial charge in [-0.3, -0.25) is 24.2 Å². The number of halogens is 3. The van der Waals surface area contributed by atoms with E-state index in [1.165, 1.54) is 25.4 Å². The monoisotopic (exact) mass is 675 g/mol. The van der Waals surface area contributed by atoms with Gasteiger partial charge < -0.3 is 26.2 Å². The average molecular weight is 676 g/mol. The Morgan fingerprint density at radius 1 is 1.04 bits per heavy atom. The van der Waals surface area contributed by atoms with Gasteiger partial charge in [-0.1, -0.05) is 32.1 Å². The van der Waals surface area contributed by atoms with Gasteiger partial charge in [0.25, 0.3) is 5.91 Å². The van der Waals surface area contributed by atoms with Crippen molar-refractivity contribution in [3.8, 4) is 5.75 Å². The number of carbonyl (C=O) groups excluding carboxylic acids is 3. The maximum Gasteiger partial charge on any atom is 0.417 e. The third-order valence-corrected chi connectivity index (χ3v) is 11.3. The maximum atomic E-state index is 15.1. The van der Waals surface area contributed by atoms with E-state index in [-0.39, 0.29) is 18.5 Å².